The Labute approximate surface area is 118 Å². The number of hydrogen-bond donors (Lipinski definition) is 1. The quantitative estimate of drug-likeness (QED) is 0.664. The molecule has 1 heterocycles. The molecule has 19 heavy (non-hydrogen) atoms. The van der Waals surface area contributed by atoms with Crippen LogP contribution in [0.4, 0.5) is 5.69 Å². The summed E-state index contributed by atoms with van der Waals surface area (Å²) in [6, 6.07) is 4.36. The number of benzene rings is 1. The third-order valence-electron chi connectivity index (χ3n) is 3.09. The minimum absolute atomic E-state index is 0.136. The van der Waals surface area contributed by atoms with Crippen molar-refractivity contribution in [2.75, 3.05) is 13.1 Å². The fraction of sp³-hybridized carbons (Fsp3) is 0.417. The van der Waals surface area contributed by atoms with Crippen LogP contribution in [0.3, 0.4) is 0 Å². The summed E-state index contributed by atoms with van der Waals surface area (Å²) < 4.78 is 0.185. The first-order valence-electron chi connectivity index (χ1n) is 5.91. The standard InChI is InChI=1S/C12H13BrN2O4/c13-11-9(4-1-5-10(11)15(18)19)12(17)14-6-2-3-8(16)7-14/h1,4-5,8,16H,2-3,6-7H2. The number of carbonyl (C=O) groups excluding carboxylic acids is 1. The van der Waals surface area contributed by atoms with Crippen LogP contribution in [0.1, 0.15) is 23.2 Å². The lowest BCUT2D eigenvalue weighted by molar-refractivity contribution is -0.385. The van der Waals surface area contributed by atoms with Crippen LogP contribution in [-0.2, 0) is 0 Å². The Morgan fingerprint density at radius 2 is 2.26 bits per heavy atom. The van der Waals surface area contributed by atoms with E-state index in [0.29, 0.717) is 13.0 Å². The molecule has 6 nitrogen and oxygen atoms in total. The Kier molecular flexibility index (Phi) is 4.16. The predicted molar refractivity (Wildman–Crippen MR) is 71.9 cm³/mol. The summed E-state index contributed by atoms with van der Waals surface area (Å²) in [5.41, 5.74) is 0.117. The number of nitro groups is 1. The third-order valence-corrected chi connectivity index (χ3v) is 3.92. The highest BCUT2D eigenvalue weighted by molar-refractivity contribution is 9.10. The van der Waals surface area contributed by atoms with E-state index in [4.69, 9.17) is 0 Å². The van der Waals surface area contributed by atoms with Gasteiger partial charge in [-0.3, -0.25) is 14.9 Å². The summed E-state index contributed by atoms with van der Waals surface area (Å²) in [5, 5.41) is 20.4. The van der Waals surface area contributed by atoms with Crippen molar-refractivity contribution in [2.45, 2.75) is 18.9 Å². The van der Waals surface area contributed by atoms with Gasteiger partial charge in [0.1, 0.15) is 4.47 Å². The van der Waals surface area contributed by atoms with Crippen LogP contribution in [0.2, 0.25) is 0 Å². The molecular weight excluding hydrogens is 316 g/mol. The highest BCUT2D eigenvalue weighted by Crippen LogP contribution is 2.29. The van der Waals surface area contributed by atoms with Crippen LogP contribution in [0, 0.1) is 10.1 Å². The molecule has 0 aliphatic carbocycles. The second-order valence-electron chi connectivity index (χ2n) is 4.44. The molecule has 1 aliphatic heterocycles. The monoisotopic (exact) mass is 328 g/mol. The minimum Gasteiger partial charge on any atom is -0.391 e. The van der Waals surface area contributed by atoms with Crippen molar-refractivity contribution in [1.29, 1.82) is 0 Å². The molecule has 1 aromatic carbocycles. The van der Waals surface area contributed by atoms with Crippen LogP contribution in [-0.4, -0.2) is 40.0 Å². The fourth-order valence-corrected chi connectivity index (χ4v) is 2.71. The highest BCUT2D eigenvalue weighted by Gasteiger charge is 2.26. The van der Waals surface area contributed by atoms with E-state index in [0.717, 1.165) is 6.42 Å². The molecule has 0 saturated carbocycles. The second-order valence-corrected chi connectivity index (χ2v) is 5.24. The van der Waals surface area contributed by atoms with Crippen LogP contribution in [0.25, 0.3) is 0 Å². The molecular formula is C12H13BrN2O4. The number of piperidine rings is 1. The van der Waals surface area contributed by atoms with Gasteiger partial charge in [0.15, 0.2) is 0 Å². The summed E-state index contributed by atoms with van der Waals surface area (Å²) in [6.07, 6.45) is 0.898. The zero-order chi connectivity index (χ0) is 14.0. The van der Waals surface area contributed by atoms with E-state index >= 15 is 0 Å². The van der Waals surface area contributed by atoms with E-state index in [-0.39, 0.29) is 28.2 Å². The number of carbonyl (C=O) groups is 1. The number of amides is 1. The number of β-amino-alcohol motifs (C(OH)–C–C–N with tert-alkyl or cyclic N) is 1. The molecule has 1 unspecified atom stereocenters. The molecule has 7 heteroatoms. The van der Waals surface area contributed by atoms with E-state index in [1.165, 1.54) is 17.0 Å². The smallest absolute Gasteiger partial charge is 0.284 e. The maximum atomic E-state index is 12.3. The van der Waals surface area contributed by atoms with Gasteiger partial charge in [-0.1, -0.05) is 6.07 Å². The molecule has 1 N–H and O–H groups in total. The van der Waals surface area contributed by atoms with E-state index in [1.807, 2.05) is 0 Å². The summed E-state index contributed by atoms with van der Waals surface area (Å²) >= 11 is 3.11. The summed E-state index contributed by atoms with van der Waals surface area (Å²) in [5.74, 6) is -0.297. The Morgan fingerprint density at radius 3 is 2.89 bits per heavy atom. The molecule has 1 saturated heterocycles. The van der Waals surface area contributed by atoms with Gasteiger partial charge in [-0.2, -0.15) is 0 Å². The van der Waals surface area contributed by atoms with E-state index in [2.05, 4.69) is 15.9 Å². The van der Waals surface area contributed by atoms with Crippen molar-refractivity contribution in [3.8, 4) is 0 Å². The van der Waals surface area contributed by atoms with Gasteiger partial charge >= 0.3 is 0 Å². The number of rotatable bonds is 2. The number of nitrogens with zero attached hydrogens (tertiary/aromatic N) is 2. The zero-order valence-corrected chi connectivity index (χ0v) is 11.7. The van der Waals surface area contributed by atoms with Gasteiger partial charge in [-0.15, -0.1) is 0 Å². The molecule has 1 aliphatic rings. The van der Waals surface area contributed by atoms with Crippen molar-refractivity contribution in [3.05, 3.63) is 38.3 Å². The van der Waals surface area contributed by atoms with Crippen LogP contribution in [0.5, 0.6) is 0 Å². The molecule has 1 amide bonds. The average Bonchev–Trinajstić information content (AvgIpc) is 2.38. The summed E-state index contributed by atoms with van der Waals surface area (Å²) in [4.78, 5) is 24.1. The van der Waals surface area contributed by atoms with Crippen molar-refractivity contribution >= 4 is 27.5 Å². The number of hydrogen-bond acceptors (Lipinski definition) is 4. The summed E-state index contributed by atoms with van der Waals surface area (Å²) in [6.45, 7) is 0.832. The van der Waals surface area contributed by atoms with Crippen LogP contribution < -0.4 is 0 Å². The number of nitro benzene ring substituents is 1. The lowest BCUT2D eigenvalue weighted by atomic mass is 10.1. The van der Waals surface area contributed by atoms with Crippen molar-refractivity contribution in [2.24, 2.45) is 0 Å². The second kappa shape index (κ2) is 5.66. The lowest BCUT2D eigenvalue weighted by Crippen LogP contribution is -2.42. The summed E-state index contributed by atoms with van der Waals surface area (Å²) in [7, 11) is 0. The maximum absolute atomic E-state index is 12.3. The minimum atomic E-state index is -0.536. The Hall–Kier alpha value is -1.47. The first-order chi connectivity index (χ1) is 9.00. The SMILES string of the molecule is O=C(c1cccc([N+](=O)[O-])c1Br)N1CCCC(O)C1. The first-order valence-corrected chi connectivity index (χ1v) is 6.70. The van der Waals surface area contributed by atoms with Crippen molar-refractivity contribution in [3.63, 3.8) is 0 Å². The van der Waals surface area contributed by atoms with E-state index in [9.17, 15) is 20.0 Å². The Morgan fingerprint density at radius 1 is 1.53 bits per heavy atom. The van der Waals surface area contributed by atoms with E-state index in [1.54, 1.807) is 6.07 Å². The maximum Gasteiger partial charge on any atom is 0.284 e. The van der Waals surface area contributed by atoms with Crippen molar-refractivity contribution < 1.29 is 14.8 Å². The zero-order valence-electron chi connectivity index (χ0n) is 10.1. The average molecular weight is 329 g/mol. The molecule has 1 atom stereocenters. The van der Waals surface area contributed by atoms with E-state index < -0.39 is 11.0 Å². The molecule has 1 aromatic rings. The topological polar surface area (TPSA) is 83.7 Å². The van der Waals surface area contributed by atoms with Gasteiger partial charge in [0.2, 0.25) is 0 Å². The third kappa shape index (κ3) is 2.93. The normalized spacial score (nSPS) is 19.3. The lowest BCUT2D eigenvalue weighted by Gasteiger charge is -2.30. The van der Waals surface area contributed by atoms with Gasteiger partial charge in [0.25, 0.3) is 11.6 Å². The first kappa shape index (κ1) is 14.0. The molecule has 0 radical (unpaired) electrons. The van der Waals surface area contributed by atoms with Gasteiger partial charge in [-0.25, -0.2) is 0 Å². The highest BCUT2D eigenvalue weighted by atomic mass is 79.9. The number of halogens is 1. The largest absolute Gasteiger partial charge is 0.391 e. The molecule has 1 fully saturated rings. The molecule has 0 aromatic heterocycles. The van der Waals surface area contributed by atoms with Crippen LogP contribution >= 0.6 is 15.9 Å². The molecule has 2 rings (SSSR count). The molecule has 0 bridgehead atoms. The van der Waals surface area contributed by atoms with Crippen LogP contribution in [0.15, 0.2) is 22.7 Å². The number of aliphatic hydroxyl groups excluding tert-OH is 1. The molecule has 0 spiro atoms. The van der Waals surface area contributed by atoms with Crippen molar-refractivity contribution in [1.82, 2.24) is 4.90 Å². The molecule has 102 valence electrons. The number of aliphatic hydroxyl groups is 1. The van der Waals surface area contributed by atoms with Gasteiger partial charge in [0, 0.05) is 19.2 Å². The Balaban J connectivity index is 2.28. The van der Waals surface area contributed by atoms with Gasteiger partial charge in [-0.05, 0) is 34.8 Å². The fourth-order valence-electron chi connectivity index (χ4n) is 2.14. The number of likely N-dealkylation sites (tertiary alicyclic amines) is 1. The Bertz CT molecular complexity index is 520. The predicted octanol–water partition coefficient (Wildman–Crippen LogP) is 1.95. The van der Waals surface area contributed by atoms with Gasteiger partial charge in [0.05, 0.1) is 16.6 Å². The van der Waals surface area contributed by atoms with Gasteiger partial charge < -0.3 is 10.0 Å².